The molecule has 2 aromatic carbocycles. The molecule has 244 valence electrons. The number of hydrogen-bond donors (Lipinski definition) is 0. The molecule has 2 aromatic rings. The molecule has 0 unspecified atom stereocenters. The highest BCUT2D eigenvalue weighted by Gasteiger charge is 2.63. The molecule has 6 atom stereocenters. The molecule has 2 aliphatic carbocycles. The Hall–Kier alpha value is -2.91. The lowest BCUT2D eigenvalue weighted by Gasteiger charge is -2.27. The molecule has 45 heavy (non-hydrogen) atoms. The average molecular weight is 641 g/mol. The number of nitrogens with zero attached hydrogens (tertiary/aromatic N) is 2. The maximum absolute atomic E-state index is 14.9. The number of carbonyl (C=O) groups is 2. The van der Waals surface area contributed by atoms with Gasteiger partial charge in [0.25, 0.3) is 0 Å². The standard InChI is InChI=1S/C18H22FNO2S.C18H24FNO2/c1-3-22-17(21)18(9-10-18)14-11-20(16(23)15(14)19)12(2)13-7-5-4-6-8-13;1-3-22-17(21)18(9-10-18)15-11-20(12-16(15)19)13(2)14-7-5-4-6-8-14/h4-8,12,14-15H,3,9-11H2,1-2H3;4-8,13,15-16H,3,9-12H2,1-2H3/t12-,14-,15+;13-,15-,16-/m00/s1. The zero-order chi connectivity index (χ0) is 32.4. The molecule has 2 aliphatic heterocycles. The van der Waals surface area contributed by atoms with E-state index in [-0.39, 0.29) is 35.9 Å². The van der Waals surface area contributed by atoms with E-state index in [1.807, 2.05) is 60.4 Å². The SMILES string of the molecule is CCOC(=O)C1([C@H]2CN([C@@H](C)c3ccccc3)C(=S)[C@@H]2F)CC1.CCOC(=O)C1([C@H]2CN([C@@H](C)c3ccccc3)C[C@@H]2F)CC1. The summed E-state index contributed by atoms with van der Waals surface area (Å²) in [6, 6.07) is 20.3. The molecule has 2 saturated carbocycles. The molecule has 2 heterocycles. The molecule has 0 amide bonds. The van der Waals surface area contributed by atoms with Crippen molar-refractivity contribution in [3.63, 3.8) is 0 Å². The van der Waals surface area contributed by atoms with Gasteiger partial charge in [0.05, 0.1) is 30.1 Å². The average Bonchev–Trinajstić information content (AvgIpc) is 3.98. The lowest BCUT2D eigenvalue weighted by molar-refractivity contribution is -0.153. The first-order chi connectivity index (χ1) is 21.6. The van der Waals surface area contributed by atoms with E-state index in [4.69, 9.17) is 21.7 Å². The minimum atomic E-state index is -1.25. The number of thiocarbonyl (C=S) groups is 1. The zero-order valence-corrected chi connectivity index (χ0v) is 27.6. The summed E-state index contributed by atoms with van der Waals surface area (Å²) >= 11 is 5.36. The third-order valence-electron chi connectivity index (χ3n) is 10.5. The summed E-state index contributed by atoms with van der Waals surface area (Å²) in [4.78, 5) is 28.9. The van der Waals surface area contributed by atoms with Gasteiger partial charge in [-0.2, -0.15) is 0 Å². The van der Waals surface area contributed by atoms with Crippen LogP contribution in [0.1, 0.15) is 76.6 Å². The highest BCUT2D eigenvalue weighted by molar-refractivity contribution is 7.80. The summed E-state index contributed by atoms with van der Waals surface area (Å²) in [6.07, 6.45) is 0.746. The Morgan fingerprint density at radius 1 is 0.778 bits per heavy atom. The van der Waals surface area contributed by atoms with Crippen molar-refractivity contribution in [3.05, 3.63) is 71.8 Å². The topological polar surface area (TPSA) is 59.1 Å². The Morgan fingerprint density at radius 3 is 1.71 bits per heavy atom. The van der Waals surface area contributed by atoms with Crippen LogP contribution in [0, 0.1) is 22.7 Å². The summed E-state index contributed by atoms with van der Waals surface area (Å²) in [5.74, 6) is -1.07. The van der Waals surface area contributed by atoms with Gasteiger partial charge in [0, 0.05) is 37.5 Å². The fraction of sp³-hybridized carbons (Fsp3) is 0.583. The Labute approximate surface area is 271 Å². The number of ether oxygens (including phenoxy) is 2. The molecule has 6 rings (SSSR count). The smallest absolute Gasteiger partial charge is 0.312 e. The van der Waals surface area contributed by atoms with Gasteiger partial charge in [0.2, 0.25) is 0 Å². The van der Waals surface area contributed by atoms with Gasteiger partial charge in [-0.25, -0.2) is 8.78 Å². The van der Waals surface area contributed by atoms with Crippen LogP contribution in [-0.4, -0.2) is 71.9 Å². The van der Waals surface area contributed by atoms with Gasteiger partial charge in [-0.1, -0.05) is 72.9 Å². The molecular formula is C36H46F2N2O4S. The molecule has 6 nitrogen and oxygen atoms in total. The third-order valence-corrected chi connectivity index (χ3v) is 10.9. The quantitative estimate of drug-likeness (QED) is 0.204. The Kier molecular flexibility index (Phi) is 10.3. The van der Waals surface area contributed by atoms with Gasteiger partial charge in [-0.05, 0) is 64.5 Å². The Morgan fingerprint density at radius 2 is 1.24 bits per heavy atom. The highest BCUT2D eigenvalue weighted by atomic mass is 32.1. The lowest BCUT2D eigenvalue weighted by atomic mass is 9.87. The first-order valence-electron chi connectivity index (χ1n) is 16.4. The summed E-state index contributed by atoms with van der Waals surface area (Å²) in [7, 11) is 0. The van der Waals surface area contributed by atoms with E-state index in [2.05, 4.69) is 24.0 Å². The van der Waals surface area contributed by atoms with Gasteiger partial charge in [0.1, 0.15) is 11.2 Å². The Bertz CT molecular complexity index is 1340. The van der Waals surface area contributed by atoms with Gasteiger partial charge in [-0.15, -0.1) is 0 Å². The molecule has 0 aromatic heterocycles. The van der Waals surface area contributed by atoms with E-state index in [0.717, 1.165) is 18.4 Å². The van der Waals surface area contributed by atoms with Crippen LogP contribution in [-0.2, 0) is 19.1 Å². The number of esters is 2. The molecule has 0 spiro atoms. The van der Waals surface area contributed by atoms with E-state index < -0.39 is 23.2 Å². The maximum atomic E-state index is 14.9. The van der Waals surface area contributed by atoms with Crippen molar-refractivity contribution in [1.82, 2.24) is 9.80 Å². The normalized spacial score (nSPS) is 27.6. The second kappa shape index (κ2) is 13.8. The van der Waals surface area contributed by atoms with Crippen LogP contribution in [0.15, 0.2) is 60.7 Å². The largest absolute Gasteiger partial charge is 0.466 e. The monoisotopic (exact) mass is 640 g/mol. The first kappa shape index (κ1) is 33.5. The molecule has 4 fully saturated rings. The van der Waals surface area contributed by atoms with E-state index >= 15 is 0 Å². The second-order valence-electron chi connectivity index (χ2n) is 13.0. The second-order valence-corrected chi connectivity index (χ2v) is 13.4. The minimum absolute atomic E-state index is 0.00458. The predicted octanol–water partition coefficient (Wildman–Crippen LogP) is 7.05. The summed E-state index contributed by atoms with van der Waals surface area (Å²) in [6.45, 7) is 9.94. The van der Waals surface area contributed by atoms with Gasteiger partial charge in [-0.3, -0.25) is 14.5 Å². The number of halogens is 2. The van der Waals surface area contributed by atoms with Crippen molar-refractivity contribution in [1.29, 1.82) is 0 Å². The van der Waals surface area contributed by atoms with Gasteiger partial charge >= 0.3 is 11.9 Å². The predicted molar refractivity (Wildman–Crippen MR) is 174 cm³/mol. The van der Waals surface area contributed by atoms with Crippen molar-refractivity contribution in [3.8, 4) is 0 Å². The summed E-state index contributed by atoms with van der Waals surface area (Å²) in [5, 5.41) is 0. The molecular weight excluding hydrogens is 594 g/mol. The van der Waals surface area contributed by atoms with E-state index in [1.165, 1.54) is 5.56 Å². The minimum Gasteiger partial charge on any atom is -0.466 e. The fourth-order valence-corrected chi connectivity index (χ4v) is 7.68. The van der Waals surface area contributed by atoms with Crippen molar-refractivity contribution in [2.24, 2.45) is 22.7 Å². The van der Waals surface area contributed by atoms with Crippen LogP contribution in [0.5, 0.6) is 0 Å². The van der Waals surface area contributed by atoms with Crippen LogP contribution in [0.3, 0.4) is 0 Å². The van der Waals surface area contributed by atoms with Crippen LogP contribution in [0.25, 0.3) is 0 Å². The number of hydrogen-bond acceptors (Lipinski definition) is 6. The van der Waals surface area contributed by atoms with Gasteiger partial charge in [0.15, 0.2) is 6.17 Å². The first-order valence-corrected chi connectivity index (χ1v) is 16.8. The fourth-order valence-electron chi connectivity index (χ4n) is 7.28. The van der Waals surface area contributed by atoms with Crippen LogP contribution in [0.2, 0.25) is 0 Å². The van der Waals surface area contributed by atoms with Crippen LogP contribution in [0.4, 0.5) is 8.78 Å². The number of rotatable bonds is 10. The summed E-state index contributed by atoms with van der Waals surface area (Å²) in [5.41, 5.74) is 1.07. The molecule has 0 radical (unpaired) electrons. The molecule has 0 N–H and O–H groups in total. The maximum Gasteiger partial charge on any atom is 0.312 e. The van der Waals surface area contributed by atoms with E-state index in [0.29, 0.717) is 50.7 Å². The molecule has 4 aliphatic rings. The van der Waals surface area contributed by atoms with E-state index in [1.54, 1.807) is 13.8 Å². The van der Waals surface area contributed by atoms with E-state index in [9.17, 15) is 18.4 Å². The van der Waals surface area contributed by atoms with Crippen molar-refractivity contribution in [2.45, 2.75) is 77.8 Å². The number of likely N-dealkylation sites (tertiary alicyclic amines) is 2. The van der Waals surface area contributed by atoms with Crippen LogP contribution >= 0.6 is 12.2 Å². The number of alkyl halides is 2. The highest BCUT2D eigenvalue weighted by Crippen LogP contribution is 2.58. The van der Waals surface area contributed by atoms with Crippen molar-refractivity contribution < 1.29 is 27.8 Å². The van der Waals surface area contributed by atoms with Gasteiger partial charge < -0.3 is 14.4 Å². The number of benzene rings is 2. The van der Waals surface area contributed by atoms with Crippen LogP contribution < -0.4 is 0 Å². The lowest BCUT2D eigenvalue weighted by Crippen LogP contribution is -2.34. The van der Waals surface area contributed by atoms with Crippen molar-refractivity contribution in [2.75, 3.05) is 32.8 Å². The zero-order valence-electron chi connectivity index (χ0n) is 26.8. The molecule has 0 bridgehead atoms. The third kappa shape index (κ3) is 6.66. The van der Waals surface area contributed by atoms with Crippen molar-refractivity contribution >= 4 is 29.1 Å². The Balaban J connectivity index is 0.000000178. The molecule has 9 heteroatoms. The summed E-state index contributed by atoms with van der Waals surface area (Å²) < 4.78 is 39.8. The number of carbonyl (C=O) groups excluding carboxylic acids is 2. The molecule has 2 saturated heterocycles.